The second kappa shape index (κ2) is 5.87. The van der Waals surface area contributed by atoms with Crippen LogP contribution in [0.15, 0.2) is 35.5 Å². The third-order valence-corrected chi connectivity index (χ3v) is 4.18. The first-order valence-corrected chi connectivity index (χ1v) is 7.47. The molecule has 0 aliphatic heterocycles. The molecule has 7 nitrogen and oxygen atoms in total. The van der Waals surface area contributed by atoms with Gasteiger partial charge in [0.15, 0.2) is 0 Å². The molecule has 108 valence electrons. The van der Waals surface area contributed by atoms with Crippen LogP contribution < -0.4 is 10.5 Å². The van der Waals surface area contributed by atoms with Gasteiger partial charge in [-0.1, -0.05) is 0 Å². The Balaban J connectivity index is 2.19. The summed E-state index contributed by atoms with van der Waals surface area (Å²) in [5.74, 6) is 0. The van der Waals surface area contributed by atoms with Gasteiger partial charge < -0.3 is 5.73 Å². The molecule has 1 heterocycles. The van der Waals surface area contributed by atoms with Gasteiger partial charge >= 0.3 is 0 Å². The Labute approximate surface area is 122 Å². The fourth-order valence-corrected chi connectivity index (χ4v) is 2.73. The molecule has 3 N–H and O–H groups in total. The summed E-state index contributed by atoms with van der Waals surface area (Å²) in [6.07, 6.45) is 3.06. The van der Waals surface area contributed by atoms with Crippen LogP contribution >= 0.6 is 0 Å². The summed E-state index contributed by atoms with van der Waals surface area (Å²) in [5.41, 5.74) is 7.24. The maximum absolute atomic E-state index is 12.2. The molecule has 0 unspecified atom stereocenters. The molecular formula is C13H13N5O2S. The van der Waals surface area contributed by atoms with E-state index in [1.807, 2.05) is 6.07 Å². The number of hydrogen-bond acceptors (Lipinski definition) is 6. The smallest absolute Gasteiger partial charge is 0.242 e. The lowest BCUT2D eigenvalue weighted by atomic mass is 10.2. The minimum absolute atomic E-state index is 0.00898. The van der Waals surface area contributed by atoms with Crippen LogP contribution in [-0.2, 0) is 16.6 Å². The van der Waals surface area contributed by atoms with Crippen LogP contribution in [0.25, 0.3) is 0 Å². The number of nitrogens with one attached hydrogen (secondary N) is 1. The monoisotopic (exact) mass is 303 g/mol. The third-order valence-electron chi connectivity index (χ3n) is 2.71. The van der Waals surface area contributed by atoms with Crippen LogP contribution in [0.3, 0.4) is 0 Å². The molecule has 8 heteroatoms. The minimum atomic E-state index is -3.78. The molecule has 0 saturated carbocycles. The zero-order chi connectivity index (χ0) is 15.5. The second-order valence-corrected chi connectivity index (χ2v) is 6.07. The number of nitrogens with zero attached hydrogens (tertiary/aromatic N) is 3. The van der Waals surface area contributed by atoms with Crippen LogP contribution in [0.4, 0.5) is 5.69 Å². The Kier molecular flexibility index (Phi) is 4.16. The number of anilines is 1. The van der Waals surface area contributed by atoms with Crippen LogP contribution in [0.1, 0.15) is 17.0 Å². The first kappa shape index (κ1) is 14.9. The van der Waals surface area contributed by atoms with E-state index in [1.165, 1.54) is 24.4 Å². The van der Waals surface area contributed by atoms with Crippen molar-refractivity contribution in [3.63, 3.8) is 0 Å². The van der Waals surface area contributed by atoms with Crippen molar-refractivity contribution in [1.29, 1.82) is 5.26 Å². The summed E-state index contributed by atoms with van der Waals surface area (Å²) < 4.78 is 26.7. The number of aryl methyl sites for hydroxylation is 1. The number of nitriles is 1. The van der Waals surface area contributed by atoms with E-state index in [0.717, 1.165) is 5.69 Å². The van der Waals surface area contributed by atoms with Crippen LogP contribution in [0.5, 0.6) is 0 Å². The number of sulfonamides is 1. The topological polar surface area (TPSA) is 122 Å². The molecule has 2 aromatic rings. The molecule has 1 aromatic carbocycles. The molecular weight excluding hydrogens is 290 g/mol. The molecule has 0 aliphatic carbocycles. The molecule has 0 aliphatic rings. The molecule has 0 fully saturated rings. The summed E-state index contributed by atoms with van der Waals surface area (Å²) >= 11 is 0. The second-order valence-electron chi connectivity index (χ2n) is 4.34. The normalized spacial score (nSPS) is 11.0. The standard InChI is InChI=1S/C13H13N5O2S/c1-9-6-17-11(7-16-9)8-18-21(19,20)13-3-2-10(5-14)4-12(13)15/h2-4,6-7,18H,8,15H2,1H3. The summed E-state index contributed by atoms with van der Waals surface area (Å²) in [5, 5.41) is 8.74. The molecule has 0 saturated heterocycles. The molecule has 1 aromatic heterocycles. The number of hydrogen-bond donors (Lipinski definition) is 2. The predicted octanol–water partition coefficient (Wildman–Crippen LogP) is 0.717. The quantitative estimate of drug-likeness (QED) is 0.802. The molecule has 0 bridgehead atoms. The number of rotatable bonds is 4. The van der Waals surface area contributed by atoms with Crippen LogP contribution in [0.2, 0.25) is 0 Å². The molecule has 0 spiro atoms. The Hall–Kier alpha value is -2.50. The van der Waals surface area contributed by atoms with E-state index in [2.05, 4.69) is 14.7 Å². The molecule has 2 rings (SSSR count). The van der Waals surface area contributed by atoms with Crippen molar-refractivity contribution in [2.24, 2.45) is 0 Å². The van der Waals surface area contributed by atoms with Gasteiger partial charge in [0.05, 0.1) is 41.4 Å². The van der Waals surface area contributed by atoms with E-state index >= 15 is 0 Å². The summed E-state index contributed by atoms with van der Waals surface area (Å²) in [7, 11) is -3.78. The highest BCUT2D eigenvalue weighted by Crippen LogP contribution is 2.19. The molecule has 0 amide bonds. The Morgan fingerprint density at radius 2 is 2.10 bits per heavy atom. The van der Waals surface area contributed by atoms with E-state index in [4.69, 9.17) is 11.0 Å². The number of aromatic nitrogens is 2. The highest BCUT2D eigenvalue weighted by molar-refractivity contribution is 7.89. The molecule has 0 radical (unpaired) electrons. The van der Waals surface area contributed by atoms with Gasteiger partial charge in [-0.25, -0.2) is 13.1 Å². The van der Waals surface area contributed by atoms with Crippen molar-refractivity contribution in [3.05, 3.63) is 47.5 Å². The number of benzene rings is 1. The van der Waals surface area contributed by atoms with E-state index in [9.17, 15) is 8.42 Å². The number of nitrogens with two attached hydrogens (primary N) is 1. The van der Waals surface area contributed by atoms with Crippen molar-refractivity contribution in [2.75, 3.05) is 5.73 Å². The van der Waals surface area contributed by atoms with Crippen molar-refractivity contribution >= 4 is 15.7 Å². The fraction of sp³-hybridized carbons (Fsp3) is 0.154. The Morgan fingerprint density at radius 1 is 1.33 bits per heavy atom. The van der Waals surface area contributed by atoms with Crippen molar-refractivity contribution < 1.29 is 8.42 Å². The highest BCUT2D eigenvalue weighted by atomic mass is 32.2. The van der Waals surface area contributed by atoms with E-state index in [0.29, 0.717) is 11.3 Å². The molecule has 21 heavy (non-hydrogen) atoms. The van der Waals surface area contributed by atoms with Gasteiger partial charge in [-0.3, -0.25) is 9.97 Å². The average Bonchev–Trinajstić information content (AvgIpc) is 2.46. The van der Waals surface area contributed by atoms with Gasteiger partial charge in [0.2, 0.25) is 10.0 Å². The largest absolute Gasteiger partial charge is 0.398 e. The lowest BCUT2D eigenvalue weighted by Gasteiger charge is -2.09. The Morgan fingerprint density at radius 3 is 2.67 bits per heavy atom. The van der Waals surface area contributed by atoms with Crippen molar-refractivity contribution in [2.45, 2.75) is 18.4 Å². The SMILES string of the molecule is Cc1cnc(CNS(=O)(=O)c2ccc(C#N)cc2N)cn1. The number of nitrogen functional groups attached to an aromatic ring is 1. The van der Waals surface area contributed by atoms with Crippen molar-refractivity contribution in [1.82, 2.24) is 14.7 Å². The lowest BCUT2D eigenvalue weighted by Crippen LogP contribution is -2.24. The van der Waals surface area contributed by atoms with Gasteiger partial charge in [0.25, 0.3) is 0 Å². The highest BCUT2D eigenvalue weighted by Gasteiger charge is 2.17. The van der Waals surface area contributed by atoms with E-state index < -0.39 is 10.0 Å². The zero-order valence-electron chi connectivity index (χ0n) is 11.2. The van der Waals surface area contributed by atoms with Gasteiger partial charge in [0.1, 0.15) is 4.90 Å². The third kappa shape index (κ3) is 3.53. The first-order valence-electron chi connectivity index (χ1n) is 5.99. The maximum atomic E-state index is 12.2. The first-order chi connectivity index (χ1) is 9.92. The average molecular weight is 303 g/mol. The van der Waals surface area contributed by atoms with Crippen molar-refractivity contribution in [3.8, 4) is 6.07 Å². The van der Waals surface area contributed by atoms with Crippen LogP contribution in [-0.4, -0.2) is 18.4 Å². The van der Waals surface area contributed by atoms with E-state index in [1.54, 1.807) is 13.1 Å². The summed E-state index contributed by atoms with van der Waals surface area (Å²) in [4.78, 5) is 8.03. The van der Waals surface area contributed by atoms with Crippen LogP contribution in [0, 0.1) is 18.3 Å². The minimum Gasteiger partial charge on any atom is -0.398 e. The fourth-order valence-electron chi connectivity index (χ4n) is 1.62. The molecule has 0 atom stereocenters. The van der Waals surface area contributed by atoms with Gasteiger partial charge in [-0.2, -0.15) is 5.26 Å². The predicted molar refractivity (Wildman–Crippen MR) is 76.4 cm³/mol. The zero-order valence-corrected chi connectivity index (χ0v) is 12.1. The summed E-state index contributed by atoms with van der Waals surface area (Å²) in [6, 6.07) is 5.92. The van der Waals surface area contributed by atoms with Gasteiger partial charge in [-0.15, -0.1) is 0 Å². The maximum Gasteiger partial charge on any atom is 0.242 e. The van der Waals surface area contributed by atoms with E-state index in [-0.39, 0.29) is 17.1 Å². The van der Waals surface area contributed by atoms with Gasteiger partial charge in [-0.05, 0) is 25.1 Å². The lowest BCUT2D eigenvalue weighted by molar-refractivity contribution is 0.580. The Bertz CT molecular complexity index is 794. The summed E-state index contributed by atoms with van der Waals surface area (Å²) in [6.45, 7) is 1.80. The van der Waals surface area contributed by atoms with Gasteiger partial charge in [0, 0.05) is 6.20 Å².